The molecule has 25 heavy (non-hydrogen) atoms. The highest BCUT2D eigenvalue weighted by Crippen LogP contribution is 2.24. The molecule has 1 heterocycles. The molecule has 1 aromatic heterocycles. The number of nitrogens with one attached hydrogen (secondary N) is 1. The van der Waals surface area contributed by atoms with Crippen LogP contribution in [0.5, 0.6) is 11.5 Å². The molecule has 0 aliphatic rings. The smallest absolute Gasteiger partial charge is 0.244 e. The molecule has 1 unspecified atom stereocenters. The van der Waals surface area contributed by atoms with Crippen molar-refractivity contribution in [3.63, 3.8) is 0 Å². The lowest BCUT2D eigenvalue weighted by molar-refractivity contribution is -0.116. The summed E-state index contributed by atoms with van der Waals surface area (Å²) in [5, 5.41) is 2.92. The number of hydrogen-bond acceptors (Lipinski definition) is 4. The van der Waals surface area contributed by atoms with Crippen molar-refractivity contribution in [1.82, 2.24) is 14.9 Å². The fraction of sp³-hybridized carbons (Fsp3) is 0.368. The van der Waals surface area contributed by atoms with Crippen LogP contribution in [-0.4, -0.2) is 36.2 Å². The Hall–Kier alpha value is -2.76. The first kappa shape index (κ1) is 18.6. The number of amides is 1. The third-order valence-corrected chi connectivity index (χ3v) is 3.91. The number of ether oxygens (including phenoxy) is 2. The molecule has 0 spiro atoms. The molecule has 1 N–H and O–H groups in total. The maximum Gasteiger partial charge on any atom is 0.244 e. The number of carbonyl (C=O) groups is 1. The van der Waals surface area contributed by atoms with Crippen LogP contribution in [0.4, 0.5) is 0 Å². The summed E-state index contributed by atoms with van der Waals surface area (Å²) in [4.78, 5) is 16.3. The molecule has 0 radical (unpaired) electrons. The molecular formula is C19H25N3O3. The van der Waals surface area contributed by atoms with Crippen molar-refractivity contribution >= 4 is 12.0 Å². The molecular weight excluding hydrogens is 318 g/mol. The van der Waals surface area contributed by atoms with Crippen LogP contribution in [0, 0.1) is 12.8 Å². The minimum Gasteiger partial charge on any atom is -0.497 e. The molecule has 0 saturated carbocycles. The first-order chi connectivity index (χ1) is 12.0. The third-order valence-electron chi connectivity index (χ3n) is 3.91. The minimum absolute atomic E-state index is 0.140. The Morgan fingerprint density at radius 2 is 2.16 bits per heavy atom. The molecule has 2 rings (SSSR count). The Kier molecular flexibility index (Phi) is 6.62. The third kappa shape index (κ3) is 5.38. The molecule has 0 fully saturated rings. The maximum atomic E-state index is 12.1. The molecule has 1 aromatic carbocycles. The van der Waals surface area contributed by atoms with Gasteiger partial charge in [-0.1, -0.05) is 6.92 Å². The number of imidazole rings is 1. The van der Waals surface area contributed by atoms with Crippen LogP contribution in [0.25, 0.3) is 6.08 Å². The lowest BCUT2D eigenvalue weighted by Gasteiger charge is -2.13. The van der Waals surface area contributed by atoms with E-state index in [1.807, 2.05) is 31.3 Å². The van der Waals surface area contributed by atoms with Gasteiger partial charge in [-0.2, -0.15) is 0 Å². The fourth-order valence-corrected chi connectivity index (χ4v) is 2.47. The average Bonchev–Trinajstić information content (AvgIpc) is 3.02. The van der Waals surface area contributed by atoms with Crippen LogP contribution in [0.15, 0.2) is 36.7 Å². The number of aryl methyl sites for hydroxylation is 1. The van der Waals surface area contributed by atoms with Gasteiger partial charge in [0.05, 0.1) is 14.2 Å². The average molecular weight is 343 g/mol. The number of rotatable bonds is 8. The molecule has 0 bridgehead atoms. The number of nitrogens with zero attached hydrogens (tertiary/aromatic N) is 2. The van der Waals surface area contributed by atoms with Crippen molar-refractivity contribution in [2.24, 2.45) is 5.92 Å². The van der Waals surface area contributed by atoms with E-state index < -0.39 is 0 Å². The zero-order valence-electron chi connectivity index (χ0n) is 15.2. The Labute approximate surface area is 148 Å². The number of carbonyl (C=O) groups excluding carboxylic acids is 1. The van der Waals surface area contributed by atoms with Crippen LogP contribution < -0.4 is 14.8 Å². The predicted molar refractivity (Wildman–Crippen MR) is 97.7 cm³/mol. The number of benzene rings is 1. The summed E-state index contributed by atoms with van der Waals surface area (Å²) < 4.78 is 12.6. The summed E-state index contributed by atoms with van der Waals surface area (Å²) in [6.07, 6.45) is 6.96. The Morgan fingerprint density at radius 3 is 2.80 bits per heavy atom. The zero-order valence-corrected chi connectivity index (χ0v) is 15.2. The first-order valence-electron chi connectivity index (χ1n) is 8.19. The van der Waals surface area contributed by atoms with Crippen LogP contribution in [0.1, 0.15) is 18.3 Å². The van der Waals surface area contributed by atoms with E-state index in [-0.39, 0.29) is 5.91 Å². The second kappa shape index (κ2) is 8.92. The van der Waals surface area contributed by atoms with Crippen molar-refractivity contribution in [3.05, 3.63) is 48.1 Å². The van der Waals surface area contributed by atoms with E-state index in [4.69, 9.17) is 9.47 Å². The van der Waals surface area contributed by atoms with Gasteiger partial charge in [0.15, 0.2) is 0 Å². The van der Waals surface area contributed by atoms with Crippen molar-refractivity contribution in [3.8, 4) is 11.5 Å². The highest BCUT2D eigenvalue weighted by atomic mass is 16.5. The minimum atomic E-state index is -0.140. The number of methoxy groups -OCH3 is 2. The van der Waals surface area contributed by atoms with Gasteiger partial charge < -0.3 is 19.4 Å². The quantitative estimate of drug-likeness (QED) is 0.749. The van der Waals surface area contributed by atoms with Gasteiger partial charge in [0.25, 0.3) is 0 Å². The molecule has 2 aromatic rings. The van der Waals surface area contributed by atoms with E-state index in [0.717, 1.165) is 17.9 Å². The van der Waals surface area contributed by atoms with E-state index >= 15 is 0 Å². The Morgan fingerprint density at radius 1 is 1.36 bits per heavy atom. The molecule has 6 heteroatoms. The van der Waals surface area contributed by atoms with Crippen LogP contribution in [0.3, 0.4) is 0 Å². The van der Waals surface area contributed by atoms with Crippen molar-refractivity contribution in [1.29, 1.82) is 0 Å². The van der Waals surface area contributed by atoms with Gasteiger partial charge in [-0.25, -0.2) is 4.98 Å². The first-order valence-corrected chi connectivity index (χ1v) is 8.19. The highest BCUT2D eigenvalue weighted by molar-refractivity contribution is 5.92. The predicted octanol–water partition coefficient (Wildman–Crippen LogP) is 2.67. The molecule has 1 amide bonds. The van der Waals surface area contributed by atoms with Gasteiger partial charge >= 0.3 is 0 Å². The fourth-order valence-electron chi connectivity index (χ4n) is 2.47. The van der Waals surface area contributed by atoms with Crippen LogP contribution in [0.2, 0.25) is 0 Å². The summed E-state index contributed by atoms with van der Waals surface area (Å²) in [5.41, 5.74) is 0.791. The summed E-state index contributed by atoms with van der Waals surface area (Å²) >= 11 is 0. The molecule has 0 aliphatic carbocycles. The largest absolute Gasteiger partial charge is 0.497 e. The van der Waals surface area contributed by atoms with E-state index in [2.05, 4.69) is 21.8 Å². The van der Waals surface area contributed by atoms with Gasteiger partial charge in [-0.3, -0.25) is 4.79 Å². The SMILES string of the molecule is COc1ccc(OC)c(C=CC(=O)NCC(C)Cn2ccnc2C)c1. The normalized spacial score (nSPS) is 12.2. The van der Waals surface area contributed by atoms with Crippen molar-refractivity contribution in [2.45, 2.75) is 20.4 Å². The molecule has 1 atom stereocenters. The standard InChI is InChI=1S/C19H25N3O3/c1-14(13-22-10-9-20-15(22)2)12-21-19(23)8-5-16-11-17(24-3)6-7-18(16)25-4/h5-11,14H,12-13H2,1-4H3,(H,21,23). The summed E-state index contributed by atoms with van der Waals surface area (Å²) in [6.45, 7) is 5.47. The van der Waals surface area contributed by atoms with Crippen LogP contribution in [-0.2, 0) is 11.3 Å². The molecule has 0 saturated heterocycles. The van der Waals surface area contributed by atoms with Crippen LogP contribution >= 0.6 is 0 Å². The van der Waals surface area contributed by atoms with Gasteiger partial charge in [-0.05, 0) is 37.1 Å². The van der Waals surface area contributed by atoms with E-state index in [9.17, 15) is 4.79 Å². The topological polar surface area (TPSA) is 65.4 Å². The van der Waals surface area contributed by atoms with Gasteiger partial charge in [-0.15, -0.1) is 0 Å². The molecule has 0 aliphatic heterocycles. The van der Waals surface area contributed by atoms with Crippen molar-refractivity contribution < 1.29 is 14.3 Å². The number of hydrogen-bond donors (Lipinski definition) is 1. The molecule has 6 nitrogen and oxygen atoms in total. The van der Waals surface area contributed by atoms with E-state index in [1.165, 1.54) is 6.08 Å². The summed E-state index contributed by atoms with van der Waals surface area (Å²) in [6, 6.07) is 5.45. The van der Waals surface area contributed by atoms with E-state index in [1.54, 1.807) is 26.5 Å². The molecule has 134 valence electrons. The second-order valence-electron chi connectivity index (χ2n) is 5.92. The second-order valence-corrected chi connectivity index (χ2v) is 5.92. The zero-order chi connectivity index (χ0) is 18.2. The van der Waals surface area contributed by atoms with Gasteiger partial charge in [0.1, 0.15) is 17.3 Å². The lowest BCUT2D eigenvalue weighted by atomic mass is 10.1. The maximum absolute atomic E-state index is 12.1. The Bertz CT molecular complexity index is 737. The van der Waals surface area contributed by atoms with E-state index in [0.29, 0.717) is 24.0 Å². The van der Waals surface area contributed by atoms with Gasteiger partial charge in [0, 0.05) is 37.1 Å². The van der Waals surface area contributed by atoms with Crippen molar-refractivity contribution in [2.75, 3.05) is 20.8 Å². The summed E-state index contributed by atoms with van der Waals surface area (Å²) in [5.74, 6) is 2.54. The number of aromatic nitrogens is 2. The van der Waals surface area contributed by atoms with Gasteiger partial charge in [0.2, 0.25) is 5.91 Å². The summed E-state index contributed by atoms with van der Waals surface area (Å²) in [7, 11) is 3.20. The highest BCUT2D eigenvalue weighted by Gasteiger charge is 2.07. The Balaban J connectivity index is 1.89. The lowest BCUT2D eigenvalue weighted by Crippen LogP contribution is -2.28. The monoisotopic (exact) mass is 343 g/mol.